The highest BCUT2D eigenvalue weighted by atomic mass is 32.2. The minimum atomic E-state index is -2.92. The van der Waals surface area contributed by atoms with E-state index in [1.165, 1.54) is 6.42 Å². The van der Waals surface area contributed by atoms with Gasteiger partial charge in [-0.15, -0.1) is 0 Å². The van der Waals surface area contributed by atoms with Gasteiger partial charge in [0.2, 0.25) is 0 Å². The molecular weight excluding hydrogens is 238 g/mol. The predicted octanol–water partition coefficient (Wildman–Crippen LogP) is 0.808. The quantitative estimate of drug-likeness (QED) is 0.667. The maximum atomic E-state index is 11.6. The highest BCUT2D eigenvalue weighted by molar-refractivity contribution is 7.92. The van der Waals surface area contributed by atoms with Crippen molar-refractivity contribution in [2.45, 2.75) is 38.4 Å². The summed E-state index contributed by atoms with van der Waals surface area (Å²) >= 11 is 0. The van der Waals surface area contributed by atoms with Crippen LogP contribution in [0.1, 0.15) is 33.1 Å². The van der Waals surface area contributed by atoms with Crippen molar-refractivity contribution in [1.29, 1.82) is 0 Å². The van der Waals surface area contributed by atoms with E-state index in [1.54, 1.807) is 13.8 Å². The molecule has 0 aromatic rings. The average Bonchev–Trinajstić information content (AvgIpc) is 2.71. The Bertz CT molecular complexity index is 314. The van der Waals surface area contributed by atoms with Gasteiger partial charge in [-0.25, -0.2) is 8.42 Å². The maximum Gasteiger partial charge on any atom is 0.153 e. The number of hydrogen-bond donors (Lipinski definition) is 2. The molecule has 0 bridgehead atoms. The molecule has 2 atom stereocenters. The summed E-state index contributed by atoms with van der Waals surface area (Å²) in [5.41, 5.74) is 0. The number of rotatable bonds is 7. The smallest absolute Gasteiger partial charge is 0.153 e. The Morgan fingerprint density at radius 3 is 2.53 bits per heavy atom. The van der Waals surface area contributed by atoms with Crippen LogP contribution in [0.15, 0.2) is 0 Å². The normalized spacial score (nSPS) is 25.6. The monoisotopic (exact) mass is 263 g/mol. The van der Waals surface area contributed by atoms with E-state index < -0.39 is 9.84 Å². The number of aliphatic hydroxyl groups is 1. The van der Waals surface area contributed by atoms with Gasteiger partial charge in [0.05, 0.1) is 11.0 Å². The van der Waals surface area contributed by atoms with Gasteiger partial charge >= 0.3 is 0 Å². The van der Waals surface area contributed by atoms with Gasteiger partial charge in [-0.05, 0) is 45.1 Å². The van der Waals surface area contributed by atoms with Crippen LogP contribution in [-0.2, 0) is 9.84 Å². The van der Waals surface area contributed by atoms with E-state index in [0.717, 1.165) is 19.4 Å². The molecule has 0 aromatic carbocycles. The maximum absolute atomic E-state index is 11.6. The zero-order chi connectivity index (χ0) is 12.9. The van der Waals surface area contributed by atoms with Gasteiger partial charge < -0.3 is 10.4 Å². The Morgan fingerprint density at radius 2 is 1.94 bits per heavy atom. The van der Waals surface area contributed by atoms with Gasteiger partial charge in [-0.3, -0.25) is 0 Å². The number of aliphatic hydroxyl groups excluding tert-OH is 1. The Hall–Kier alpha value is -0.130. The summed E-state index contributed by atoms with van der Waals surface area (Å²) in [5.74, 6) is 1.13. The van der Waals surface area contributed by atoms with Gasteiger partial charge in [0.1, 0.15) is 0 Å². The average molecular weight is 263 g/mol. The lowest BCUT2D eigenvalue weighted by molar-refractivity contribution is 0.193. The van der Waals surface area contributed by atoms with Crippen LogP contribution in [0.5, 0.6) is 0 Å². The zero-order valence-electron chi connectivity index (χ0n) is 10.9. The molecule has 0 aliphatic heterocycles. The molecule has 0 spiro atoms. The molecule has 0 amide bonds. The molecule has 0 aromatic heterocycles. The Kier molecular flexibility index (Phi) is 5.89. The van der Waals surface area contributed by atoms with E-state index in [1.807, 2.05) is 0 Å². The van der Waals surface area contributed by atoms with Crippen molar-refractivity contribution < 1.29 is 13.5 Å². The highest BCUT2D eigenvalue weighted by Gasteiger charge is 2.26. The highest BCUT2D eigenvalue weighted by Crippen LogP contribution is 2.30. The van der Waals surface area contributed by atoms with Crippen molar-refractivity contribution in [3.63, 3.8) is 0 Å². The van der Waals surface area contributed by atoms with Crippen molar-refractivity contribution in [2.75, 3.05) is 25.4 Å². The summed E-state index contributed by atoms with van der Waals surface area (Å²) in [5, 5.41) is 12.1. The van der Waals surface area contributed by atoms with E-state index in [0.29, 0.717) is 18.4 Å². The third-order valence-electron chi connectivity index (χ3n) is 3.74. The minimum Gasteiger partial charge on any atom is -0.396 e. The second-order valence-electron chi connectivity index (χ2n) is 5.25. The summed E-state index contributed by atoms with van der Waals surface area (Å²) in [6.45, 7) is 5.05. The second-order valence-corrected chi connectivity index (χ2v) is 7.93. The molecule has 2 N–H and O–H groups in total. The first-order chi connectivity index (χ1) is 7.97. The molecule has 17 heavy (non-hydrogen) atoms. The third-order valence-corrected chi connectivity index (χ3v) is 5.95. The van der Waals surface area contributed by atoms with Crippen LogP contribution in [0.2, 0.25) is 0 Å². The lowest BCUT2D eigenvalue weighted by atomic mass is 9.97. The van der Waals surface area contributed by atoms with Crippen LogP contribution in [0, 0.1) is 11.8 Å². The van der Waals surface area contributed by atoms with Gasteiger partial charge in [-0.2, -0.15) is 0 Å². The Morgan fingerprint density at radius 1 is 1.29 bits per heavy atom. The molecule has 1 rings (SSSR count). The second kappa shape index (κ2) is 6.71. The lowest BCUT2D eigenvalue weighted by Gasteiger charge is -2.18. The molecule has 5 heteroatoms. The number of sulfone groups is 1. The Balaban J connectivity index is 2.20. The molecule has 102 valence electrons. The number of nitrogens with one attached hydrogen (secondary N) is 1. The first-order valence-electron chi connectivity index (χ1n) is 6.50. The van der Waals surface area contributed by atoms with Gasteiger partial charge in [0, 0.05) is 13.2 Å². The Labute approximate surface area is 105 Å². The molecule has 4 nitrogen and oxygen atoms in total. The van der Waals surface area contributed by atoms with E-state index in [-0.39, 0.29) is 17.6 Å². The summed E-state index contributed by atoms with van der Waals surface area (Å²) in [7, 11) is -2.92. The fourth-order valence-corrected chi connectivity index (χ4v) is 3.26. The van der Waals surface area contributed by atoms with E-state index in [2.05, 4.69) is 5.32 Å². The largest absolute Gasteiger partial charge is 0.396 e. The third kappa shape index (κ3) is 4.56. The van der Waals surface area contributed by atoms with Crippen molar-refractivity contribution >= 4 is 9.84 Å². The molecule has 1 saturated carbocycles. The van der Waals surface area contributed by atoms with Gasteiger partial charge in [0.25, 0.3) is 0 Å². The molecule has 0 saturated heterocycles. The van der Waals surface area contributed by atoms with Gasteiger partial charge in [-0.1, -0.05) is 6.42 Å². The topological polar surface area (TPSA) is 66.4 Å². The summed E-state index contributed by atoms with van der Waals surface area (Å²) in [6.07, 6.45) is 3.43. The molecular formula is C12H25NO3S. The summed E-state index contributed by atoms with van der Waals surface area (Å²) in [4.78, 5) is 0. The van der Waals surface area contributed by atoms with E-state index in [9.17, 15) is 13.5 Å². The zero-order valence-corrected chi connectivity index (χ0v) is 11.7. The first-order valence-corrected chi connectivity index (χ1v) is 8.22. The summed E-state index contributed by atoms with van der Waals surface area (Å²) in [6, 6.07) is 0. The van der Waals surface area contributed by atoms with Crippen molar-refractivity contribution in [3.8, 4) is 0 Å². The molecule has 0 heterocycles. The van der Waals surface area contributed by atoms with Crippen LogP contribution in [0.3, 0.4) is 0 Å². The lowest BCUT2D eigenvalue weighted by Crippen LogP contribution is -2.32. The predicted molar refractivity (Wildman–Crippen MR) is 69.7 cm³/mol. The fraction of sp³-hybridized carbons (Fsp3) is 1.00. The summed E-state index contributed by atoms with van der Waals surface area (Å²) < 4.78 is 23.1. The standard InChI is InChI=1S/C12H25NO3S/c1-10(2)17(15,16)7-6-13-8-11-4-3-5-12(11)9-14/h10-14H,3-9H2,1-2H3. The van der Waals surface area contributed by atoms with Gasteiger partial charge in [0.15, 0.2) is 9.84 Å². The first kappa shape index (κ1) is 14.9. The SMILES string of the molecule is CC(C)S(=O)(=O)CCNCC1CCCC1CO. The molecule has 1 aliphatic rings. The van der Waals surface area contributed by atoms with Crippen LogP contribution in [0.4, 0.5) is 0 Å². The van der Waals surface area contributed by atoms with Crippen LogP contribution < -0.4 is 5.32 Å². The van der Waals surface area contributed by atoms with Crippen molar-refractivity contribution in [3.05, 3.63) is 0 Å². The minimum absolute atomic E-state index is 0.210. The van der Waals surface area contributed by atoms with Crippen molar-refractivity contribution in [1.82, 2.24) is 5.32 Å². The molecule has 0 radical (unpaired) electrons. The fourth-order valence-electron chi connectivity index (χ4n) is 2.36. The van der Waals surface area contributed by atoms with E-state index in [4.69, 9.17) is 0 Å². The molecule has 1 aliphatic carbocycles. The molecule has 1 fully saturated rings. The number of hydrogen-bond acceptors (Lipinski definition) is 4. The van der Waals surface area contributed by atoms with Crippen molar-refractivity contribution in [2.24, 2.45) is 11.8 Å². The molecule has 2 unspecified atom stereocenters. The van der Waals surface area contributed by atoms with Crippen LogP contribution in [0.25, 0.3) is 0 Å². The van der Waals surface area contributed by atoms with E-state index >= 15 is 0 Å². The van der Waals surface area contributed by atoms with Crippen LogP contribution >= 0.6 is 0 Å². The van der Waals surface area contributed by atoms with Crippen LogP contribution in [-0.4, -0.2) is 44.2 Å².